The van der Waals surface area contributed by atoms with Gasteiger partial charge in [0.25, 0.3) is 0 Å². The van der Waals surface area contributed by atoms with Gasteiger partial charge in [0.2, 0.25) is 0 Å². The Bertz CT molecular complexity index is 474. The fourth-order valence-electron chi connectivity index (χ4n) is 1.17. The first-order chi connectivity index (χ1) is 10.8. The summed E-state index contributed by atoms with van der Waals surface area (Å²) in [7, 11) is 0. The molecule has 0 aromatic rings. The van der Waals surface area contributed by atoms with Crippen molar-refractivity contribution in [2.24, 2.45) is 0 Å². The van der Waals surface area contributed by atoms with Crippen LogP contribution in [-0.4, -0.2) is 52.9 Å². The van der Waals surface area contributed by atoms with Gasteiger partial charge in [-0.25, -0.2) is 0 Å². The van der Waals surface area contributed by atoms with Gasteiger partial charge in [0, 0.05) is 0 Å². The third-order valence-corrected chi connectivity index (χ3v) is 2.73. The van der Waals surface area contributed by atoms with E-state index in [1.54, 1.807) is 0 Å². The fraction of sp³-hybridized carbons (Fsp3) is 1.00. The van der Waals surface area contributed by atoms with Crippen LogP contribution in [0.25, 0.3) is 0 Å². The molecule has 0 aliphatic carbocycles. The molecule has 0 aromatic carbocycles. The van der Waals surface area contributed by atoms with Crippen molar-refractivity contribution in [3.63, 3.8) is 0 Å². The maximum absolute atomic E-state index is 12.9. The first kappa shape index (κ1) is 24.8. The molecule has 18 heteroatoms. The molecule has 0 radical (unpaired) electrons. The predicted molar refractivity (Wildman–Crippen MR) is 42.9 cm³/mol. The van der Waals surface area contributed by atoms with Crippen LogP contribution in [0.15, 0.2) is 0 Å². The second-order valence-corrected chi connectivity index (χ2v) is 4.49. The second-order valence-electron chi connectivity index (χ2n) is 4.49. The van der Waals surface area contributed by atoms with Crippen molar-refractivity contribution in [3.05, 3.63) is 0 Å². The maximum atomic E-state index is 12.9. The highest BCUT2D eigenvalue weighted by Gasteiger charge is 2.94. The molecule has 0 bridgehead atoms. The van der Waals surface area contributed by atoms with Crippen LogP contribution in [0.3, 0.4) is 0 Å². The van der Waals surface area contributed by atoms with Gasteiger partial charge in [0.05, 0.1) is 0 Å². The Morgan fingerprint density at radius 3 is 0.769 bits per heavy atom. The molecule has 0 saturated carbocycles. The normalized spacial score (nSPS) is 18.7. The first-order valence-corrected chi connectivity index (χ1v) is 5.19. The van der Waals surface area contributed by atoms with Gasteiger partial charge >= 0.3 is 47.8 Å². The second kappa shape index (κ2) is 5.63. The van der Waals surface area contributed by atoms with Crippen molar-refractivity contribution in [3.8, 4) is 0 Å². The van der Waals surface area contributed by atoms with Crippen molar-refractivity contribution in [2.45, 2.75) is 47.8 Å². The summed E-state index contributed by atoms with van der Waals surface area (Å²) in [5, 5.41) is 7.85. The Balaban J connectivity index is 6.61. The number of halogens is 17. The molecule has 0 rings (SSSR count). The minimum absolute atomic E-state index is 7.68. The molecule has 1 unspecified atom stereocenters. The molecule has 158 valence electrons. The molecule has 26 heavy (non-hydrogen) atoms. The largest absolute Gasteiger partial charge is 0.460 e. The zero-order valence-electron chi connectivity index (χ0n) is 10.9. The third kappa shape index (κ3) is 2.83. The maximum Gasteiger partial charge on any atom is 0.460 e. The third-order valence-electron chi connectivity index (χ3n) is 2.73. The van der Waals surface area contributed by atoms with Crippen molar-refractivity contribution in [1.82, 2.24) is 0 Å². The summed E-state index contributed by atoms with van der Waals surface area (Å²) in [6.45, 7) is 0. The van der Waals surface area contributed by atoms with Gasteiger partial charge in [0.15, 0.2) is 0 Å². The Morgan fingerprint density at radius 1 is 0.308 bits per heavy atom. The predicted octanol–water partition coefficient (Wildman–Crippen LogP) is 4.95. The molecule has 0 amide bonds. The summed E-state index contributed by atoms with van der Waals surface area (Å²) in [4.78, 5) is 0. The van der Waals surface area contributed by atoms with Crippen LogP contribution in [0.4, 0.5) is 74.6 Å². The topological polar surface area (TPSA) is 20.2 Å². The minimum atomic E-state index is -8.60. The molecule has 0 heterocycles. The minimum Gasteiger partial charge on any atom is -0.352 e. The number of hydrogen-bond acceptors (Lipinski definition) is 1. The molecule has 1 N–H and O–H groups in total. The lowest BCUT2D eigenvalue weighted by Gasteiger charge is -2.42. The van der Waals surface area contributed by atoms with E-state index in [0.717, 1.165) is 0 Å². The molecule has 0 spiro atoms. The number of rotatable bonds is 5. The summed E-state index contributed by atoms with van der Waals surface area (Å²) < 4.78 is 209. The molecule has 0 aliphatic heterocycles. The van der Waals surface area contributed by atoms with E-state index >= 15 is 0 Å². The van der Waals surface area contributed by atoms with E-state index in [0.29, 0.717) is 0 Å². The summed E-state index contributed by atoms with van der Waals surface area (Å²) in [5.41, 5.74) is 0. The molecule has 0 aliphatic rings. The van der Waals surface area contributed by atoms with Crippen LogP contribution < -0.4 is 0 Å². The Hall–Kier alpha value is -1.23. The number of alkyl halides is 17. The van der Waals surface area contributed by atoms with Crippen LogP contribution in [-0.2, 0) is 0 Å². The SMILES string of the molecule is OC(F)(C(F)(F)C(F)(F)F)C(F)(F)C(F)(F)C(F)(F)C(F)(F)C(F)(F)F. The van der Waals surface area contributed by atoms with E-state index in [1.807, 2.05) is 0 Å². The Kier molecular flexibility index (Phi) is 5.37. The van der Waals surface area contributed by atoms with E-state index in [-0.39, 0.29) is 0 Å². The monoisotopic (exact) mass is 436 g/mol. The van der Waals surface area contributed by atoms with Crippen molar-refractivity contribution < 1.29 is 79.7 Å². The van der Waals surface area contributed by atoms with Crippen molar-refractivity contribution >= 4 is 0 Å². The molecule has 1 atom stereocenters. The van der Waals surface area contributed by atoms with E-state index < -0.39 is 47.8 Å². The lowest BCUT2D eigenvalue weighted by molar-refractivity contribution is -0.480. The summed E-state index contributed by atoms with van der Waals surface area (Å²) in [6.07, 6.45) is -15.4. The van der Waals surface area contributed by atoms with Crippen LogP contribution in [0, 0.1) is 0 Å². The van der Waals surface area contributed by atoms with E-state index in [2.05, 4.69) is 0 Å². The smallest absolute Gasteiger partial charge is 0.352 e. The van der Waals surface area contributed by atoms with Gasteiger partial charge in [-0.1, -0.05) is 0 Å². The highest BCUT2D eigenvalue weighted by molar-refractivity contribution is 5.13. The van der Waals surface area contributed by atoms with Gasteiger partial charge in [-0.3, -0.25) is 0 Å². The standard InChI is InChI=1S/C8HF17O/c9-1(10,2(11,12)4(15,16)7(20,21)22)3(13,14)6(19,26)5(17,18)8(23,24)25/h26H. The first-order valence-electron chi connectivity index (χ1n) is 5.19. The molecular weight excluding hydrogens is 435 g/mol. The Morgan fingerprint density at radius 2 is 0.538 bits per heavy atom. The van der Waals surface area contributed by atoms with Gasteiger partial charge in [-0.2, -0.15) is 74.6 Å². The van der Waals surface area contributed by atoms with Crippen LogP contribution in [0.2, 0.25) is 0 Å². The van der Waals surface area contributed by atoms with Crippen LogP contribution in [0.1, 0.15) is 0 Å². The summed E-state index contributed by atoms with van der Waals surface area (Å²) in [5.74, 6) is -49.8. The number of hydrogen-bond donors (Lipinski definition) is 1. The molecule has 0 fully saturated rings. The Labute approximate surface area is 129 Å². The average Bonchev–Trinajstić information content (AvgIpc) is 2.34. The highest BCUT2D eigenvalue weighted by Crippen LogP contribution is 2.62. The van der Waals surface area contributed by atoms with Crippen molar-refractivity contribution in [1.29, 1.82) is 0 Å². The molecular formula is C8HF17O. The van der Waals surface area contributed by atoms with Crippen molar-refractivity contribution in [2.75, 3.05) is 0 Å². The summed E-state index contributed by atoms with van der Waals surface area (Å²) >= 11 is 0. The zero-order valence-corrected chi connectivity index (χ0v) is 10.9. The highest BCUT2D eigenvalue weighted by atomic mass is 19.4. The quantitative estimate of drug-likeness (QED) is 0.606. The van der Waals surface area contributed by atoms with Gasteiger partial charge < -0.3 is 5.11 Å². The molecule has 0 aromatic heterocycles. The number of aliphatic hydroxyl groups is 1. The van der Waals surface area contributed by atoms with Gasteiger partial charge in [-0.05, 0) is 0 Å². The lowest BCUT2D eigenvalue weighted by Crippen LogP contribution is -2.75. The van der Waals surface area contributed by atoms with Gasteiger partial charge in [-0.15, -0.1) is 0 Å². The van der Waals surface area contributed by atoms with Crippen LogP contribution >= 0.6 is 0 Å². The average molecular weight is 436 g/mol. The zero-order chi connectivity index (χ0) is 22.0. The molecule has 0 saturated heterocycles. The summed E-state index contributed by atoms with van der Waals surface area (Å²) in [6, 6.07) is 0. The lowest BCUT2D eigenvalue weighted by atomic mass is 9.90. The fourth-order valence-corrected chi connectivity index (χ4v) is 1.17. The van der Waals surface area contributed by atoms with Gasteiger partial charge in [0.1, 0.15) is 0 Å². The van der Waals surface area contributed by atoms with E-state index in [9.17, 15) is 74.6 Å². The van der Waals surface area contributed by atoms with E-state index in [1.165, 1.54) is 0 Å². The van der Waals surface area contributed by atoms with E-state index in [4.69, 9.17) is 5.11 Å². The molecule has 1 nitrogen and oxygen atoms in total. The van der Waals surface area contributed by atoms with Crippen LogP contribution in [0.5, 0.6) is 0 Å².